The van der Waals surface area contributed by atoms with Crippen molar-refractivity contribution in [1.29, 1.82) is 0 Å². The summed E-state index contributed by atoms with van der Waals surface area (Å²) >= 11 is 0. The second-order valence-electron chi connectivity index (χ2n) is 5.28. The first-order valence-corrected chi connectivity index (χ1v) is 7.13. The van der Waals surface area contributed by atoms with E-state index in [1.165, 1.54) is 12.7 Å². The normalized spacial score (nSPS) is 18.4. The van der Waals surface area contributed by atoms with Crippen molar-refractivity contribution in [3.8, 4) is 0 Å². The molecular formula is C15H23N3O3. The van der Waals surface area contributed by atoms with E-state index in [1.807, 2.05) is 23.1 Å². The molecular weight excluding hydrogens is 270 g/mol. The van der Waals surface area contributed by atoms with Crippen LogP contribution in [0.4, 0.5) is 5.69 Å². The number of carbonyl (C=O) groups is 1. The van der Waals surface area contributed by atoms with Gasteiger partial charge in [-0.15, -0.1) is 0 Å². The lowest BCUT2D eigenvalue weighted by Gasteiger charge is -2.37. The summed E-state index contributed by atoms with van der Waals surface area (Å²) in [5, 5.41) is 9.34. The number of aliphatic hydroxyl groups is 1. The lowest BCUT2D eigenvalue weighted by molar-refractivity contribution is -0.149. The largest absolute Gasteiger partial charge is 0.468 e. The minimum atomic E-state index is -0.551. The first-order valence-electron chi connectivity index (χ1n) is 7.13. The van der Waals surface area contributed by atoms with E-state index in [0.717, 1.165) is 38.4 Å². The summed E-state index contributed by atoms with van der Waals surface area (Å²) in [6.07, 6.45) is 0. The number of nitrogens with two attached hydrogens (primary N) is 1. The number of hydrogen-bond acceptors (Lipinski definition) is 6. The van der Waals surface area contributed by atoms with Gasteiger partial charge in [0, 0.05) is 38.4 Å². The molecule has 6 nitrogen and oxygen atoms in total. The van der Waals surface area contributed by atoms with E-state index in [4.69, 9.17) is 10.5 Å². The number of nitrogens with zero attached hydrogens (tertiary/aromatic N) is 2. The van der Waals surface area contributed by atoms with Crippen LogP contribution in [-0.2, 0) is 16.1 Å². The molecule has 1 aromatic carbocycles. The van der Waals surface area contributed by atoms with Crippen LogP contribution in [0.5, 0.6) is 0 Å². The fourth-order valence-corrected chi connectivity index (χ4v) is 2.66. The summed E-state index contributed by atoms with van der Waals surface area (Å²) in [7, 11) is 1.35. The third-order valence-corrected chi connectivity index (χ3v) is 3.85. The van der Waals surface area contributed by atoms with Crippen molar-refractivity contribution >= 4 is 11.7 Å². The van der Waals surface area contributed by atoms with Gasteiger partial charge in [0.15, 0.2) is 0 Å². The average Bonchev–Trinajstić information content (AvgIpc) is 2.49. The van der Waals surface area contributed by atoms with E-state index < -0.39 is 6.04 Å². The molecule has 1 aliphatic heterocycles. The van der Waals surface area contributed by atoms with Crippen LogP contribution in [-0.4, -0.2) is 66.8 Å². The third kappa shape index (κ3) is 4.17. The average molecular weight is 293 g/mol. The predicted molar refractivity (Wildman–Crippen MR) is 80.6 cm³/mol. The van der Waals surface area contributed by atoms with Gasteiger partial charge in [-0.25, -0.2) is 0 Å². The Balaban J connectivity index is 1.86. The highest BCUT2D eigenvalue weighted by Gasteiger charge is 2.29. The molecule has 0 amide bonds. The molecule has 0 radical (unpaired) electrons. The topological polar surface area (TPSA) is 79.0 Å². The highest BCUT2D eigenvalue weighted by Crippen LogP contribution is 2.13. The molecule has 0 aliphatic carbocycles. The smallest absolute Gasteiger partial charge is 0.325 e. The molecule has 0 bridgehead atoms. The molecule has 0 saturated carbocycles. The van der Waals surface area contributed by atoms with E-state index >= 15 is 0 Å². The number of benzene rings is 1. The number of esters is 1. The Labute approximate surface area is 125 Å². The van der Waals surface area contributed by atoms with E-state index in [1.54, 1.807) is 0 Å². The first-order chi connectivity index (χ1) is 10.1. The van der Waals surface area contributed by atoms with Crippen molar-refractivity contribution < 1.29 is 14.6 Å². The number of anilines is 1. The van der Waals surface area contributed by atoms with E-state index in [-0.39, 0.29) is 12.6 Å². The Kier molecular flexibility index (Phi) is 5.55. The number of aliphatic hydroxyl groups excluding tert-OH is 1. The van der Waals surface area contributed by atoms with Gasteiger partial charge in [-0.05, 0) is 17.7 Å². The zero-order valence-electron chi connectivity index (χ0n) is 12.4. The third-order valence-electron chi connectivity index (χ3n) is 3.85. The van der Waals surface area contributed by atoms with Gasteiger partial charge in [0.05, 0.1) is 13.7 Å². The van der Waals surface area contributed by atoms with Crippen molar-refractivity contribution in [2.45, 2.75) is 12.6 Å². The van der Waals surface area contributed by atoms with Gasteiger partial charge in [0.2, 0.25) is 0 Å². The molecule has 1 aliphatic rings. The zero-order chi connectivity index (χ0) is 15.2. The highest BCUT2D eigenvalue weighted by molar-refractivity contribution is 5.75. The second-order valence-corrected chi connectivity index (χ2v) is 5.28. The summed E-state index contributed by atoms with van der Waals surface area (Å²) in [5.41, 5.74) is 7.75. The molecule has 1 atom stereocenters. The minimum Gasteiger partial charge on any atom is -0.468 e. The van der Waals surface area contributed by atoms with Gasteiger partial charge in [0.25, 0.3) is 0 Å². The minimum absolute atomic E-state index is 0.206. The Morgan fingerprint density at radius 1 is 1.38 bits per heavy atom. The lowest BCUT2D eigenvalue weighted by atomic mass is 10.1. The quantitative estimate of drug-likeness (QED) is 0.584. The van der Waals surface area contributed by atoms with Crippen LogP contribution in [0, 0.1) is 0 Å². The van der Waals surface area contributed by atoms with Crippen molar-refractivity contribution in [2.75, 3.05) is 45.6 Å². The molecule has 1 unspecified atom stereocenters. The predicted octanol–water partition coefficient (Wildman–Crippen LogP) is -0.0797. The number of piperazine rings is 1. The fourth-order valence-electron chi connectivity index (χ4n) is 2.66. The molecule has 2 rings (SSSR count). The Bertz CT molecular complexity index is 473. The molecule has 1 heterocycles. The van der Waals surface area contributed by atoms with Crippen molar-refractivity contribution in [3.63, 3.8) is 0 Å². The molecule has 0 spiro atoms. The molecule has 3 N–H and O–H groups in total. The highest BCUT2D eigenvalue weighted by atomic mass is 16.5. The molecule has 1 saturated heterocycles. The van der Waals surface area contributed by atoms with Gasteiger partial charge in [-0.3, -0.25) is 14.6 Å². The Hall–Kier alpha value is -1.63. The maximum Gasteiger partial charge on any atom is 0.325 e. The summed E-state index contributed by atoms with van der Waals surface area (Å²) in [5.74, 6) is -0.373. The number of nitrogen functional groups attached to an aromatic ring is 1. The number of methoxy groups -OCH3 is 1. The summed E-state index contributed by atoms with van der Waals surface area (Å²) < 4.78 is 4.72. The molecule has 116 valence electrons. The molecule has 1 aromatic rings. The summed E-state index contributed by atoms with van der Waals surface area (Å²) in [4.78, 5) is 15.9. The van der Waals surface area contributed by atoms with Crippen LogP contribution < -0.4 is 5.73 Å². The second kappa shape index (κ2) is 7.40. The monoisotopic (exact) mass is 293 g/mol. The number of carbonyl (C=O) groups excluding carboxylic acids is 1. The van der Waals surface area contributed by atoms with Crippen LogP contribution in [0.25, 0.3) is 0 Å². The van der Waals surface area contributed by atoms with Crippen LogP contribution in [0.15, 0.2) is 24.3 Å². The molecule has 0 aromatic heterocycles. The van der Waals surface area contributed by atoms with Crippen molar-refractivity contribution in [2.24, 2.45) is 0 Å². The van der Waals surface area contributed by atoms with Gasteiger partial charge in [0.1, 0.15) is 6.04 Å². The standard InChI is InChI=1S/C15H23N3O3/c1-21-15(20)14(11-19)18-7-5-17(6-8-18)10-12-3-2-4-13(16)9-12/h2-4,9,14,19H,5-8,10-11,16H2,1H3. The first kappa shape index (κ1) is 15.8. The summed E-state index contributed by atoms with van der Waals surface area (Å²) in [6.45, 7) is 3.82. The fraction of sp³-hybridized carbons (Fsp3) is 0.533. The number of ether oxygens (including phenoxy) is 1. The molecule has 6 heteroatoms. The number of hydrogen-bond donors (Lipinski definition) is 2. The van der Waals surface area contributed by atoms with E-state index in [2.05, 4.69) is 11.0 Å². The van der Waals surface area contributed by atoms with Crippen LogP contribution in [0.3, 0.4) is 0 Å². The van der Waals surface area contributed by atoms with E-state index in [9.17, 15) is 9.90 Å². The SMILES string of the molecule is COC(=O)C(CO)N1CCN(Cc2cccc(N)c2)CC1. The van der Waals surface area contributed by atoms with Crippen LogP contribution >= 0.6 is 0 Å². The maximum atomic E-state index is 11.6. The zero-order valence-corrected chi connectivity index (χ0v) is 12.4. The Morgan fingerprint density at radius 2 is 2.10 bits per heavy atom. The molecule has 1 fully saturated rings. The lowest BCUT2D eigenvalue weighted by Crippen LogP contribution is -2.53. The van der Waals surface area contributed by atoms with Gasteiger partial charge in [-0.1, -0.05) is 12.1 Å². The van der Waals surface area contributed by atoms with Crippen LogP contribution in [0.2, 0.25) is 0 Å². The van der Waals surface area contributed by atoms with Gasteiger partial charge < -0.3 is 15.6 Å². The molecule has 21 heavy (non-hydrogen) atoms. The van der Waals surface area contributed by atoms with Crippen molar-refractivity contribution in [1.82, 2.24) is 9.80 Å². The number of rotatable bonds is 5. The summed E-state index contributed by atoms with van der Waals surface area (Å²) in [6, 6.07) is 7.33. The maximum absolute atomic E-state index is 11.6. The van der Waals surface area contributed by atoms with E-state index in [0.29, 0.717) is 0 Å². The van der Waals surface area contributed by atoms with Crippen molar-refractivity contribution in [3.05, 3.63) is 29.8 Å². The Morgan fingerprint density at radius 3 is 2.67 bits per heavy atom. The van der Waals surface area contributed by atoms with Crippen LogP contribution in [0.1, 0.15) is 5.56 Å². The van der Waals surface area contributed by atoms with Gasteiger partial charge in [-0.2, -0.15) is 0 Å². The van der Waals surface area contributed by atoms with Gasteiger partial charge >= 0.3 is 5.97 Å².